The van der Waals surface area contributed by atoms with Gasteiger partial charge in [-0.15, -0.1) is 0 Å². The van der Waals surface area contributed by atoms with E-state index < -0.39 is 0 Å². The van der Waals surface area contributed by atoms with E-state index in [0.29, 0.717) is 12.5 Å². The number of amides is 1. The van der Waals surface area contributed by atoms with Crippen LogP contribution in [0.5, 0.6) is 0 Å². The van der Waals surface area contributed by atoms with E-state index in [1.165, 1.54) is 37.7 Å². The third-order valence-corrected chi connectivity index (χ3v) is 5.74. The Hall–Kier alpha value is -1.35. The molecule has 3 rings (SSSR count). The first kappa shape index (κ1) is 16.5. The minimum Gasteiger partial charge on any atom is -0.340 e. The number of carbonyl (C=O) groups is 1. The highest BCUT2D eigenvalue weighted by Crippen LogP contribution is 2.32. The Morgan fingerprint density at radius 2 is 1.87 bits per heavy atom. The summed E-state index contributed by atoms with van der Waals surface area (Å²) in [6.07, 6.45) is 7.74. The van der Waals surface area contributed by atoms with Crippen molar-refractivity contribution >= 4 is 5.91 Å². The van der Waals surface area contributed by atoms with Gasteiger partial charge in [0.05, 0.1) is 0 Å². The normalized spacial score (nSPS) is 27.1. The number of benzene rings is 1. The molecule has 1 saturated carbocycles. The topological polar surface area (TPSA) is 46.3 Å². The number of carbonyl (C=O) groups excluding carboxylic acids is 1. The molecule has 2 aliphatic rings. The van der Waals surface area contributed by atoms with Gasteiger partial charge in [0.2, 0.25) is 5.91 Å². The summed E-state index contributed by atoms with van der Waals surface area (Å²) < 4.78 is 0. The van der Waals surface area contributed by atoms with Gasteiger partial charge in [0.1, 0.15) is 0 Å². The molecule has 2 N–H and O–H groups in total. The Morgan fingerprint density at radius 3 is 2.57 bits per heavy atom. The van der Waals surface area contributed by atoms with Crippen molar-refractivity contribution in [2.45, 2.75) is 57.4 Å². The highest BCUT2D eigenvalue weighted by atomic mass is 16.2. The quantitative estimate of drug-likeness (QED) is 0.924. The van der Waals surface area contributed by atoms with Gasteiger partial charge in [-0.2, -0.15) is 0 Å². The summed E-state index contributed by atoms with van der Waals surface area (Å²) in [7, 11) is 0. The zero-order valence-electron chi connectivity index (χ0n) is 14.3. The van der Waals surface area contributed by atoms with Gasteiger partial charge in [0.25, 0.3) is 0 Å². The van der Waals surface area contributed by atoms with E-state index in [4.69, 9.17) is 5.73 Å². The molecule has 1 aromatic carbocycles. The van der Waals surface area contributed by atoms with E-state index in [1.807, 2.05) is 11.0 Å². The van der Waals surface area contributed by atoms with Gasteiger partial charge >= 0.3 is 0 Å². The minimum atomic E-state index is 0.0585. The van der Waals surface area contributed by atoms with Crippen LogP contribution in [0.3, 0.4) is 0 Å². The number of hydrogen-bond acceptors (Lipinski definition) is 2. The molecule has 1 amide bonds. The zero-order chi connectivity index (χ0) is 16.2. The summed E-state index contributed by atoms with van der Waals surface area (Å²) in [4.78, 5) is 14.8. The number of hydrogen-bond donors (Lipinski definition) is 1. The SMILES string of the molecule is CC(CC1CCCCC1)C(=O)N1C[C@@H](N)[C@H](c2ccccc2)C1. The lowest BCUT2D eigenvalue weighted by Gasteiger charge is -2.27. The average Bonchev–Trinajstić information content (AvgIpc) is 2.97. The van der Waals surface area contributed by atoms with Crippen molar-refractivity contribution in [2.75, 3.05) is 13.1 Å². The van der Waals surface area contributed by atoms with Gasteiger partial charge < -0.3 is 10.6 Å². The Kier molecular flexibility index (Phi) is 5.37. The Bertz CT molecular complexity index is 510. The molecule has 1 aliphatic carbocycles. The maximum Gasteiger partial charge on any atom is 0.225 e. The fraction of sp³-hybridized carbons (Fsp3) is 0.650. The monoisotopic (exact) mass is 314 g/mol. The maximum atomic E-state index is 12.8. The molecule has 1 aromatic rings. The first-order valence-corrected chi connectivity index (χ1v) is 9.24. The number of nitrogens with zero attached hydrogens (tertiary/aromatic N) is 1. The van der Waals surface area contributed by atoms with Crippen molar-refractivity contribution in [2.24, 2.45) is 17.6 Å². The van der Waals surface area contributed by atoms with Gasteiger partial charge in [-0.3, -0.25) is 4.79 Å². The molecule has 23 heavy (non-hydrogen) atoms. The standard InChI is InChI=1S/C20H30N2O/c1-15(12-16-8-4-2-5-9-16)20(23)22-13-18(19(21)14-22)17-10-6-3-7-11-17/h3,6-7,10-11,15-16,18-19H,2,4-5,8-9,12-14,21H2,1H3/t15?,18-,19+/m0/s1. The lowest BCUT2D eigenvalue weighted by atomic mass is 9.83. The molecule has 3 atom stereocenters. The van der Waals surface area contributed by atoms with Crippen LogP contribution in [0.15, 0.2) is 30.3 Å². The maximum absolute atomic E-state index is 12.8. The van der Waals surface area contributed by atoms with Crippen molar-refractivity contribution in [1.82, 2.24) is 4.90 Å². The van der Waals surface area contributed by atoms with Crippen LogP contribution < -0.4 is 5.73 Å². The summed E-state index contributed by atoms with van der Waals surface area (Å²) >= 11 is 0. The van der Waals surface area contributed by atoms with Crippen molar-refractivity contribution < 1.29 is 4.79 Å². The number of likely N-dealkylation sites (tertiary alicyclic amines) is 1. The van der Waals surface area contributed by atoms with Crippen LogP contribution in [0.1, 0.15) is 56.9 Å². The van der Waals surface area contributed by atoms with E-state index in [0.717, 1.165) is 18.9 Å². The first-order chi connectivity index (χ1) is 11.1. The third kappa shape index (κ3) is 3.95. The molecule has 1 saturated heterocycles. The largest absolute Gasteiger partial charge is 0.340 e. The van der Waals surface area contributed by atoms with Crippen molar-refractivity contribution in [1.29, 1.82) is 0 Å². The lowest BCUT2D eigenvalue weighted by molar-refractivity contribution is -0.134. The van der Waals surface area contributed by atoms with Gasteiger partial charge in [-0.25, -0.2) is 0 Å². The van der Waals surface area contributed by atoms with Crippen LogP contribution in [0.25, 0.3) is 0 Å². The van der Waals surface area contributed by atoms with Crippen molar-refractivity contribution in [3.8, 4) is 0 Å². The van der Waals surface area contributed by atoms with E-state index in [-0.39, 0.29) is 17.9 Å². The number of rotatable bonds is 4. The van der Waals surface area contributed by atoms with Gasteiger partial charge in [-0.05, 0) is 17.9 Å². The highest BCUT2D eigenvalue weighted by Gasteiger charge is 2.35. The van der Waals surface area contributed by atoms with E-state index in [2.05, 4.69) is 31.2 Å². The minimum absolute atomic E-state index is 0.0585. The van der Waals surface area contributed by atoms with Gasteiger partial charge in [-0.1, -0.05) is 69.4 Å². The third-order valence-electron chi connectivity index (χ3n) is 5.74. The second-order valence-electron chi connectivity index (χ2n) is 7.57. The Morgan fingerprint density at radius 1 is 1.17 bits per heavy atom. The molecule has 0 radical (unpaired) electrons. The summed E-state index contributed by atoms with van der Waals surface area (Å²) in [5.74, 6) is 1.48. The summed E-state index contributed by atoms with van der Waals surface area (Å²) in [5.41, 5.74) is 7.59. The van der Waals surface area contributed by atoms with Crippen LogP contribution in [-0.2, 0) is 4.79 Å². The van der Waals surface area contributed by atoms with Crippen LogP contribution in [0, 0.1) is 11.8 Å². The molecular weight excluding hydrogens is 284 g/mol. The summed E-state index contributed by atoms with van der Waals surface area (Å²) in [5, 5.41) is 0. The summed E-state index contributed by atoms with van der Waals surface area (Å²) in [6.45, 7) is 3.59. The molecule has 126 valence electrons. The molecule has 1 heterocycles. The Labute approximate surface area is 140 Å². The molecule has 0 aromatic heterocycles. The molecule has 1 unspecified atom stereocenters. The highest BCUT2D eigenvalue weighted by molar-refractivity contribution is 5.79. The molecule has 0 bridgehead atoms. The van der Waals surface area contributed by atoms with Crippen LogP contribution in [-0.4, -0.2) is 29.9 Å². The zero-order valence-corrected chi connectivity index (χ0v) is 14.3. The van der Waals surface area contributed by atoms with Gasteiger partial charge in [0.15, 0.2) is 0 Å². The molecule has 2 fully saturated rings. The van der Waals surface area contributed by atoms with Crippen molar-refractivity contribution in [3.63, 3.8) is 0 Å². The molecule has 1 aliphatic heterocycles. The average molecular weight is 314 g/mol. The van der Waals surface area contributed by atoms with Crippen LogP contribution in [0.2, 0.25) is 0 Å². The van der Waals surface area contributed by atoms with E-state index in [1.54, 1.807) is 0 Å². The predicted octanol–water partition coefficient (Wildman–Crippen LogP) is 3.55. The smallest absolute Gasteiger partial charge is 0.225 e. The fourth-order valence-electron chi connectivity index (χ4n) is 4.40. The van der Waals surface area contributed by atoms with Gasteiger partial charge in [0, 0.05) is 31.0 Å². The van der Waals surface area contributed by atoms with E-state index >= 15 is 0 Å². The second kappa shape index (κ2) is 7.48. The Balaban J connectivity index is 1.57. The fourth-order valence-corrected chi connectivity index (χ4v) is 4.40. The van der Waals surface area contributed by atoms with Crippen LogP contribution in [0.4, 0.5) is 0 Å². The van der Waals surface area contributed by atoms with Crippen molar-refractivity contribution in [3.05, 3.63) is 35.9 Å². The lowest BCUT2D eigenvalue weighted by Crippen LogP contribution is -2.36. The molecule has 3 heteroatoms. The molecule has 3 nitrogen and oxygen atoms in total. The second-order valence-corrected chi connectivity index (χ2v) is 7.57. The number of nitrogens with two attached hydrogens (primary N) is 1. The molecule has 0 spiro atoms. The van der Waals surface area contributed by atoms with E-state index in [9.17, 15) is 4.79 Å². The predicted molar refractivity (Wildman–Crippen MR) is 94.1 cm³/mol. The summed E-state index contributed by atoms with van der Waals surface area (Å²) in [6, 6.07) is 10.5. The molecular formula is C20H30N2O. The van der Waals surface area contributed by atoms with Crippen LogP contribution >= 0.6 is 0 Å². The first-order valence-electron chi connectivity index (χ1n) is 9.24.